The Morgan fingerprint density at radius 1 is 0.688 bits per heavy atom. The Hall–Kier alpha value is -1.07. The standard InChI is InChI=1S/C39H75NO8/c1-3-5-7-9-10-11-12-13-14-15-16-17-18-19-20-21-22-23-25-27-29-35(43)40-32(33(42)28-26-24-8-6-4-2)31-47-39-38(46)37(45)36(44)34(30-41)48-39/h26,28,32-34,36-39,41-42,44-46H,3-25,27,29-31H2,1-2H3,(H,40,43)/b28-26+. The van der Waals surface area contributed by atoms with E-state index in [0.29, 0.717) is 6.42 Å². The number of unbranched alkanes of at least 4 members (excludes halogenated alkanes) is 22. The second-order valence-electron chi connectivity index (χ2n) is 14.1. The molecule has 0 spiro atoms. The van der Waals surface area contributed by atoms with Crippen LogP contribution in [0.15, 0.2) is 12.2 Å². The van der Waals surface area contributed by atoms with Crippen molar-refractivity contribution in [2.45, 2.75) is 217 Å². The normalized spacial score (nSPS) is 22.7. The molecule has 6 N–H and O–H groups in total. The van der Waals surface area contributed by atoms with E-state index in [-0.39, 0.29) is 12.5 Å². The Morgan fingerprint density at radius 3 is 1.62 bits per heavy atom. The van der Waals surface area contributed by atoms with Crippen molar-refractivity contribution in [1.29, 1.82) is 0 Å². The molecule has 7 atom stereocenters. The molecule has 284 valence electrons. The van der Waals surface area contributed by atoms with E-state index in [2.05, 4.69) is 19.2 Å². The molecule has 1 heterocycles. The van der Waals surface area contributed by atoms with Crippen LogP contribution in [-0.2, 0) is 14.3 Å². The second kappa shape index (κ2) is 30.7. The summed E-state index contributed by atoms with van der Waals surface area (Å²) in [7, 11) is 0. The molecular weight excluding hydrogens is 610 g/mol. The van der Waals surface area contributed by atoms with Crippen LogP contribution in [-0.4, -0.2) is 87.5 Å². The average Bonchev–Trinajstić information content (AvgIpc) is 3.08. The van der Waals surface area contributed by atoms with E-state index in [1.165, 1.54) is 109 Å². The summed E-state index contributed by atoms with van der Waals surface area (Å²) in [5.41, 5.74) is 0. The fourth-order valence-electron chi connectivity index (χ4n) is 6.33. The summed E-state index contributed by atoms with van der Waals surface area (Å²) in [5.74, 6) is -0.182. The van der Waals surface area contributed by atoms with Crippen molar-refractivity contribution < 1.29 is 39.8 Å². The van der Waals surface area contributed by atoms with Crippen LogP contribution in [0, 0.1) is 0 Å². The number of aliphatic hydroxyl groups is 5. The Balaban J connectivity index is 2.22. The number of aliphatic hydroxyl groups excluding tert-OH is 5. The molecule has 1 aliphatic rings. The third kappa shape index (κ3) is 21.9. The van der Waals surface area contributed by atoms with Crippen LogP contribution in [0.4, 0.5) is 0 Å². The fourth-order valence-corrected chi connectivity index (χ4v) is 6.33. The molecular formula is C39H75NO8. The first kappa shape index (κ1) is 45.0. The zero-order chi connectivity index (χ0) is 35.2. The molecule has 9 heteroatoms. The molecule has 0 aliphatic carbocycles. The summed E-state index contributed by atoms with van der Waals surface area (Å²) in [6.45, 7) is 3.65. The molecule has 0 saturated carbocycles. The van der Waals surface area contributed by atoms with Crippen molar-refractivity contribution in [1.82, 2.24) is 5.32 Å². The highest BCUT2D eigenvalue weighted by Gasteiger charge is 2.44. The molecule has 0 aromatic rings. The smallest absolute Gasteiger partial charge is 0.220 e. The van der Waals surface area contributed by atoms with Crippen LogP contribution < -0.4 is 5.32 Å². The van der Waals surface area contributed by atoms with Crippen molar-refractivity contribution in [3.05, 3.63) is 12.2 Å². The Morgan fingerprint density at radius 2 is 1.15 bits per heavy atom. The van der Waals surface area contributed by atoms with Gasteiger partial charge in [-0.1, -0.05) is 161 Å². The van der Waals surface area contributed by atoms with Crippen LogP contribution in [0.25, 0.3) is 0 Å². The van der Waals surface area contributed by atoms with Gasteiger partial charge < -0.3 is 40.3 Å². The lowest BCUT2D eigenvalue weighted by Crippen LogP contribution is -2.60. The van der Waals surface area contributed by atoms with Crippen LogP contribution in [0.1, 0.15) is 174 Å². The topological polar surface area (TPSA) is 149 Å². The zero-order valence-electron chi connectivity index (χ0n) is 30.7. The first-order valence-electron chi connectivity index (χ1n) is 19.9. The quantitative estimate of drug-likeness (QED) is 0.0328. The maximum atomic E-state index is 12.8. The summed E-state index contributed by atoms with van der Waals surface area (Å²) in [5, 5.41) is 53.5. The van der Waals surface area contributed by atoms with Crippen LogP contribution >= 0.6 is 0 Å². The number of carbonyl (C=O) groups is 1. The van der Waals surface area contributed by atoms with Crippen molar-refractivity contribution in [2.75, 3.05) is 13.2 Å². The number of ether oxygens (including phenoxy) is 2. The van der Waals surface area contributed by atoms with E-state index >= 15 is 0 Å². The number of carbonyl (C=O) groups excluding carboxylic acids is 1. The second-order valence-corrected chi connectivity index (χ2v) is 14.1. The van der Waals surface area contributed by atoms with Crippen LogP contribution in [0.2, 0.25) is 0 Å². The predicted molar refractivity (Wildman–Crippen MR) is 194 cm³/mol. The molecule has 1 fully saturated rings. The van der Waals surface area contributed by atoms with E-state index in [9.17, 15) is 30.3 Å². The molecule has 1 amide bonds. The number of allylic oxidation sites excluding steroid dienone is 1. The highest BCUT2D eigenvalue weighted by molar-refractivity contribution is 5.76. The summed E-state index contributed by atoms with van der Waals surface area (Å²) in [4.78, 5) is 12.8. The van der Waals surface area contributed by atoms with Gasteiger partial charge in [-0.15, -0.1) is 0 Å². The highest BCUT2D eigenvalue weighted by atomic mass is 16.7. The summed E-state index contributed by atoms with van der Waals surface area (Å²) in [6, 6.07) is -0.794. The molecule has 1 rings (SSSR count). The van der Waals surface area contributed by atoms with Gasteiger partial charge in [-0.3, -0.25) is 4.79 Å². The first-order chi connectivity index (χ1) is 23.3. The average molecular weight is 686 g/mol. The van der Waals surface area contributed by atoms with E-state index < -0.39 is 49.5 Å². The van der Waals surface area contributed by atoms with Crippen molar-refractivity contribution in [3.8, 4) is 0 Å². The fraction of sp³-hybridized carbons (Fsp3) is 0.923. The van der Waals surface area contributed by atoms with Crippen molar-refractivity contribution in [2.24, 2.45) is 0 Å². The van der Waals surface area contributed by atoms with Gasteiger partial charge in [0, 0.05) is 6.42 Å². The Labute approximate surface area is 293 Å². The van der Waals surface area contributed by atoms with Crippen LogP contribution in [0.3, 0.4) is 0 Å². The predicted octanol–water partition coefficient (Wildman–Crippen LogP) is 7.00. The monoisotopic (exact) mass is 686 g/mol. The summed E-state index contributed by atoms with van der Waals surface area (Å²) < 4.78 is 11.1. The minimum absolute atomic E-state index is 0.182. The van der Waals surface area contributed by atoms with Gasteiger partial charge >= 0.3 is 0 Å². The van der Waals surface area contributed by atoms with Gasteiger partial charge in [0.2, 0.25) is 5.91 Å². The molecule has 0 bridgehead atoms. The van der Waals surface area contributed by atoms with E-state index in [4.69, 9.17) is 9.47 Å². The molecule has 48 heavy (non-hydrogen) atoms. The largest absolute Gasteiger partial charge is 0.394 e. The zero-order valence-corrected chi connectivity index (χ0v) is 30.7. The molecule has 0 aromatic carbocycles. The van der Waals surface area contributed by atoms with Gasteiger partial charge in [-0.25, -0.2) is 0 Å². The number of hydrogen-bond donors (Lipinski definition) is 6. The van der Waals surface area contributed by atoms with Gasteiger partial charge in [0.1, 0.15) is 24.4 Å². The van der Waals surface area contributed by atoms with Gasteiger partial charge in [0.05, 0.1) is 25.4 Å². The Bertz CT molecular complexity index is 766. The number of nitrogens with one attached hydrogen (secondary N) is 1. The Kier molecular flexibility index (Phi) is 28.8. The summed E-state index contributed by atoms with van der Waals surface area (Å²) >= 11 is 0. The van der Waals surface area contributed by atoms with Gasteiger partial charge in [-0.2, -0.15) is 0 Å². The van der Waals surface area contributed by atoms with Gasteiger partial charge in [0.25, 0.3) is 0 Å². The molecule has 0 radical (unpaired) electrons. The molecule has 1 aliphatic heterocycles. The maximum Gasteiger partial charge on any atom is 0.220 e. The minimum Gasteiger partial charge on any atom is -0.394 e. The number of amides is 1. The lowest BCUT2D eigenvalue weighted by molar-refractivity contribution is -0.302. The maximum absolute atomic E-state index is 12.8. The van der Waals surface area contributed by atoms with E-state index in [1.807, 2.05) is 6.08 Å². The van der Waals surface area contributed by atoms with Gasteiger partial charge in [-0.05, 0) is 19.3 Å². The molecule has 9 nitrogen and oxygen atoms in total. The SMILES string of the molecule is CCCCC/C=C/C(O)C(COC1OC(CO)C(O)C(O)C1O)NC(=O)CCCCCCCCCCCCCCCCCCCCCC. The number of rotatable bonds is 32. The van der Waals surface area contributed by atoms with Gasteiger partial charge in [0.15, 0.2) is 6.29 Å². The van der Waals surface area contributed by atoms with Crippen LogP contribution in [0.5, 0.6) is 0 Å². The third-order valence-electron chi connectivity index (χ3n) is 9.61. The molecule has 1 saturated heterocycles. The lowest BCUT2D eigenvalue weighted by atomic mass is 9.99. The van der Waals surface area contributed by atoms with Crippen molar-refractivity contribution in [3.63, 3.8) is 0 Å². The summed E-state index contributed by atoms with van der Waals surface area (Å²) in [6.07, 6.45) is 25.9. The van der Waals surface area contributed by atoms with E-state index in [1.54, 1.807) is 6.08 Å². The third-order valence-corrected chi connectivity index (χ3v) is 9.61. The minimum atomic E-state index is -1.56. The number of hydrogen-bond acceptors (Lipinski definition) is 8. The molecule has 0 aromatic heterocycles. The molecule has 7 unspecified atom stereocenters. The van der Waals surface area contributed by atoms with E-state index in [0.717, 1.165) is 44.9 Å². The highest BCUT2D eigenvalue weighted by Crippen LogP contribution is 2.22. The first-order valence-corrected chi connectivity index (χ1v) is 19.9. The van der Waals surface area contributed by atoms with Crippen molar-refractivity contribution >= 4 is 5.91 Å². The lowest BCUT2D eigenvalue weighted by Gasteiger charge is -2.40.